The van der Waals surface area contributed by atoms with Crippen molar-refractivity contribution in [2.75, 3.05) is 32.1 Å². The summed E-state index contributed by atoms with van der Waals surface area (Å²) in [5.74, 6) is -0.475. The summed E-state index contributed by atoms with van der Waals surface area (Å²) >= 11 is 0. The Hall–Kier alpha value is -2.77. The van der Waals surface area contributed by atoms with Gasteiger partial charge < -0.3 is 25.4 Å². The van der Waals surface area contributed by atoms with E-state index in [1.165, 1.54) is 25.3 Å². The van der Waals surface area contributed by atoms with Gasteiger partial charge in [-0.3, -0.25) is 4.79 Å². The first-order valence-electron chi connectivity index (χ1n) is 9.54. The molecule has 154 valence electrons. The van der Waals surface area contributed by atoms with Crippen LogP contribution in [-0.4, -0.2) is 54.7 Å². The molecule has 1 fully saturated rings. The summed E-state index contributed by atoms with van der Waals surface area (Å²) in [7, 11) is 1.42. The molecule has 1 aliphatic heterocycles. The number of nitrogens with zero attached hydrogens (tertiary/aromatic N) is 1. The summed E-state index contributed by atoms with van der Waals surface area (Å²) in [4.78, 5) is 37.5. The van der Waals surface area contributed by atoms with Crippen molar-refractivity contribution in [3.63, 3.8) is 0 Å². The molecule has 0 aromatic heterocycles. The highest BCUT2D eigenvalue weighted by Gasteiger charge is 2.25. The highest BCUT2D eigenvalue weighted by atomic mass is 16.5. The molecule has 0 bridgehead atoms. The molecule has 8 heteroatoms. The van der Waals surface area contributed by atoms with Gasteiger partial charge in [0.05, 0.1) is 18.4 Å². The number of benzene rings is 1. The number of amides is 3. The Labute approximate surface area is 165 Å². The Kier molecular flexibility index (Phi) is 7.66. The number of hydrogen-bond donors (Lipinski definition) is 3. The van der Waals surface area contributed by atoms with Crippen LogP contribution in [0.15, 0.2) is 18.2 Å². The second-order valence-electron chi connectivity index (χ2n) is 7.51. The molecule has 28 heavy (non-hydrogen) atoms. The van der Waals surface area contributed by atoms with E-state index in [2.05, 4.69) is 10.6 Å². The molecule has 8 nitrogen and oxygen atoms in total. The van der Waals surface area contributed by atoms with Gasteiger partial charge in [-0.1, -0.05) is 13.8 Å². The van der Waals surface area contributed by atoms with Gasteiger partial charge in [0.1, 0.15) is 5.75 Å². The van der Waals surface area contributed by atoms with Crippen LogP contribution in [0.4, 0.5) is 10.5 Å². The van der Waals surface area contributed by atoms with E-state index < -0.39 is 5.97 Å². The topological polar surface area (TPSA) is 108 Å². The number of piperidine rings is 1. The molecule has 1 saturated heterocycles. The molecule has 0 spiro atoms. The lowest BCUT2D eigenvalue weighted by Gasteiger charge is -2.32. The standard InChI is InChI=1S/C20H29N3O5/c1-13(2)11-21-20(27)23-8-4-5-14(12-23)9-18(24)22-16-7-6-15(19(25)26)10-17(16)28-3/h6-7,10,13-14H,4-5,8-9,11-12H2,1-3H3,(H,21,27)(H,22,24)(H,25,26). The predicted molar refractivity (Wildman–Crippen MR) is 106 cm³/mol. The van der Waals surface area contributed by atoms with Gasteiger partial charge in [0.15, 0.2) is 0 Å². The lowest BCUT2D eigenvalue weighted by Crippen LogP contribution is -2.46. The number of anilines is 1. The maximum atomic E-state index is 12.5. The molecule has 1 atom stereocenters. The van der Waals surface area contributed by atoms with Crippen molar-refractivity contribution in [3.8, 4) is 5.75 Å². The van der Waals surface area contributed by atoms with Crippen molar-refractivity contribution in [2.45, 2.75) is 33.1 Å². The van der Waals surface area contributed by atoms with E-state index in [9.17, 15) is 14.4 Å². The van der Waals surface area contributed by atoms with Crippen LogP contribution in [0.3, 0.4) is 0 Å². The molecule has 2 rings (SSSR count). The van der Waals surface area contributed by atoms with Gasteiger partial charge in [-0.05, 0) is 42.9 Å². The number of ether oxygens (including phenoxy) is 1. The zero-order valence-electron chi connectivity index (χ0n) is 16.7. The molecule has 3 N–H and O–H groups in total. The summed E-state index contributed by atoms with van der Waals surface area (Å²) in [6, 6.07) is 4.23. The third kappa shape index (κ3) is 6.14. The second kappa shape index (κ2) is 9.96. The number of rotatable bonds is 7. The van der Waals surface area contributed by atoms with Crippen LogP contribution in [0.5, 0.6) is 5.75 Å². The van der Waals surface area contributed by atoms with Gasteiger partial charge in [0, 0.05) is 26.1 Å². The maximum Gasteiger partial charge on any atom is 0.335 e. The van der Waals surface area contributed by atoms with Crippen LogP contribution in [0.2, 0.25) is 0 Å². The number of methoxy groups -OCH3 is 1. The number of carboxylic acid groups (broad SMARTS) is 1. The molecular formula is C20H29N3O5. The largest absolute Gasteiger partial charge is 0.495 e. The van der Waals surface area contributed by atoms with Gasteiger partial charge in [-0.25, -0.2) is 9.59 Å². The molecule has 1 aromatic rings. The summed E-state index contributed by atoms with van der Waals surface area (Å²) in [5.41, 5.74) is 0.519. The molecular weight excluding hydrogens is 362 g/mol. The molecule has 1 aliphatic rings. The Morgan fingerprint density at radius 2 is 2.07 bits per heavy atom. The first-order chi connectivity index (χ1) is 13.3. The molecule has 1 unspecified atom stereocenters. The number of likely N-dealkylation sites (tertiary alicyclic amines) is 1. The molecule has 1 aromatic carbocycles. The molecule has 1 heterocycles. The van der Waals surface area contributed by atoms with E-state index in [1.807, 2.05) is 13.8 Å². The van der Waals surface area contributed by atoms with Crippen molar-refractivity contribution >= 4 is 23.6 Å². The van der Waals surface area contributed by atoms with Crippen molar-refractivity contribution < 1.29 is 24.2 Å². The Morgan fingerprint density at radius 1 is 1.32 bits per heavy atom. The van der Waals surface area contributed by atoms with Crippen molar-refractivity contribution in [1.29, 1.82) is 0 Å². The number of nitrogens with one attached hydrogen (secondary N) is 2. The maximum absolute atomic E-state index is 12.5. The Bertz CT molecular complexity index is 720. The third-order valence-electron chi connectivity index (χ3n) is 4.66. The van der Waals surface area contributed by atoms with E-state index in [4.69, 9.17) is 9.84 Å². The number of carbonyl (C=O) groups is 3. The quantitative estimate of drug-likeness (QED) is 0.662. The summed E-state index contributed by atoms with van der Waals surface area (Å²) in [6.45, 7) is 5.97. The fourth-order valence-electron chi connectivity index (χ4n) is 3.21. The van der Waals surface area contributed by atoms with Gasteiger partial charge >= 0.3 is 12.0 Å². The fourth-order valence-corrected chi connectivity index (χ4v) is 3.21. The highest BCUT2D eigenvalue weighted by Crippen LogP contribution is 2.27. The monoisotopic (exact) mass is 391 g/mol. The second-order valence-corrected chi connectivity index (χ2v) is 7.51. The lowest BCUT2D eigenvalue weighted by atomic mass is 9.94. The predicted octanol–water partition coefficient (Wildman–Crippen LogP) is 2.80. The van der Waals surface area contributed by atoms with Crippen LogP contribution >= 0.6 is 0 Å². The summed E-state index contributed by atoms with van der Waals surface area (Å²) in [5, 5.41) is 14.8. The number of carbonyl (C=O) groups excluding carboxylic acids is 2. The Morgan fingerprint density at radius 3 is 2.71 bits per heavy atom. The number of hydrogen-bond acceptors (Lipinski definition) is 4. The van der Waals surface area contributed by atoms with E-state index in [0.717, 1.165) is 12.8 Å². The molecule has 3 amide bonds. The SMILES string of the molecule is COc1cc(C(=O)O)ccc1NC(=O)CC1CCCN(C(=O)NCC(C)C)C1. The van der Waals surface area contributed by atoms with Crippen LogP contribution < -0.4 is 15.4 Å². The van der Waals surface area contributed by atoms with Gasteiger partial charge in [0.25, 0.3) is 0 Å². The average molecular weight is 391 g/mol. The van der Waals surface area contributed by atoms with Gasteiger partial charge in [-0.2, -0.15) is 0 Å². The van der Waals surface area contributed by atoms with E-state index in [-0.39, 0.29) is 29.8 Å². The van der Waals surface area contributed by atoms with E-state index >= 15 is 0 Å². The zero-order valence-corrected chi connectivity index (χ0v) is 16.7. The minimum atomic E-state index is -1.06. The van der Waals surface area contributed by atoms with Gasteiger partial charge in [0.2, 0.25) is 5.91 Å². The summed E-state index contributed by atoms with van der Waals surface area (Å²) < 4.78 is 5.18. The molecule has 0 radical (unpaired) electrons. The minimum Gasteiger partial charge on any atom is -0.495 e. The van der Waals surface area contributed by atoms with Crippen molar-refractivity contribution in [2.24, 2.45) is 11.8 Å². The number of aromatic carboxylic acids is 1. The zero-order chi connectivity index (χ0) is 20.7. The first-order valence-corrected chi connectivity index (χ1v) is 9.54. The fraction of sp³-hybridized carbons (Fsp3) is 0.550. The average Bonchev–Trinajstić information content (AvgIpc) is 2.66. The van der Waals surface area contributed by atoms with Gasteiger partial charge in [-0.15, -0.1) is 0 Å². The Balaban J connectivity index is 1.92. The minimum absolute atomic E-state index is 0.0789. The van der Waals surface area contributed by atoms with Crippen molar-refractivity contribution in [1.82, 2.24) is 10.2 Å². The number of urea groups is 1. The van der Waals surface area contributed by atoms with Crippen LogP contribution in [0.1, 0.15) is 43.5 Å². The smallest absolute Gasteiger partial charge is 0.335 e. The third-order valence-corrected chi connectivity index (χ3v) is 4.66. The summed E-state index contributed by atoms with van der Waals surface area (Å²) in [6.07, 6.45) is 2.04. The van der Waals surface area contributed by atoms with E-state index in [0.29, 0.717) is 37.0 Å². The van der Waals surface area contributed by atoms with Crippen molar-refractivity contribution in [3.05, 3.63) is 23.8 Å². The lowest BCUT2D eigenvalue weighted by molar-refractivity contribution is -0.117. The number of carboxylic acids is 1. The van der Waals surface area contributed by atoms with Crippen LogP contribution in [0.25, 0.3) is 0 Å². The van der Waals surface area contributed by atoms with E-state index in [1.54, 1.807) is 4.90 Å². The van der Waals surface area contributed by atoms with Crippen LogP contribution in [0, 0.1) is 11.8 Å². The van der Waals surface area contributed by atoms with Crippen LogP contribution in [-0.2, 0) is 4.79 Å². The normalized spacial score (nSPS) is 16.6. The first kappa shape index (κ1) is 21.5. The molecule has 0 saturated carbocycles. The highest BCUT2D eigenvalue weighted by molar-refractivity contribution is 5.94. The molecule has 0 aliphatic carbocycles.